The van der Waals surface area contributed by atoms with Gasteiger partial charge in [0.2, 0.25) is 5.56 Å². The topological polar surface area (TPSA) is 62.0 Å². The third-order valence-electron chi connectivity index (χ3n) is 3.23. The fraction of sp³-hybridized carbons (Fsp3) is 0. The van der Waals surface area contributed by atoms with Crippen LogP contribution >= 0.6 is 15.9 Å². The molecule has 1 heterocycles. The number of anilines is 1. The van der Waals surface area contributed by atoms with E-state index in [-0.39, 0.29) is 11.3 Å². The highest BCUT2D eigenvalue weighted by atomic mass is 79.9. The molecule has 4 nitrogen and oxygen atoms in total. The zero-order chi connectivity index (χ0) is 16.6. The third kappa shape index (κ3) is 3.14. The normalized spacial score (nSPS) is 10.7. The van der Waals surface area contributed by atoms with E-state index in [2.05, 4.69) is 26.2 Å². The Hall–Kier alpha value is -2.54. The Morgan fingerprint density at radius 3 is 2.61 bits per heavy atom. The minimum absolute atomic E-state index is 0.0972. The average Bonchev–Trinajstić information content (AvgIpc) is 2.48. The first-order valence-corrected chi connectivity index (χ1v) is 7.32. The van der Waals surface area contributed by atoms with Crippen LogP contribution in [0.3, 0.4) is 0 Å². The summed E-state index contributed by atoms with van der Waals surface area (Å²) in [5, 5.41) is 2.85. The summed E-state index contributed by atoms with van der Waals surface area (Å²) in [5.41, 5.74) is -0.0566. The minimum atomic E-state index is -0.893. The van der Waals surface area contributed by atoms with Crippen LogP contribution in [0.1, 0.15) is 10.4 Å². The number of H-pyrrole nitrogens is 1. The molecule has 1 amide bonds. The van der Waals surface area contributed by atoms with Crippen LogP contribution < -0.4 is 10.9 Å². The van der Waals surface area contributed by atoms with E-state index in [1.807, 2.05) is 0 Å². The molecule has 2 aromatic carbocycles. The number of aromatic nitrogens is 1. The fourth-order valence-electron chi connectivity index (χ4n) is 2.20. The number of rotatable bonds is 2. The molecule has 0 aliphatic carbocycles. The highest BCUT2D eigenvalue weighted by molar-refractivity contribution is 9.10. The Morgan fingerprint density at radius 2 is 1.87 bits per heavy atom. The fourth-order valence-corrected chi connectivity index (χ4v) is 2.56. The number of amides is 1. The second-order valence-electron chi connectivity index (χ2n) is 4.82. The van der Waals surface area contributed by atoms with Crippen LogP contribution in [0.2, 0.25) is 0 Å². The van der Waals surface area contributed by atoms with Gasteiger partial charge in [-0.3, -0.25) is 9.59 Å². The molecule has 0 aliphatic heterocycles. The smallest absolute Gasteiger partial charge is 0.256 e. The molecule has 2 N–H and O–H groups in total. The summed E-state index contributed by atoms with van der Waals surface area (Å²) < 4.78 is 27.3. The quantitative estimate of drug-likeness (QED) is 0.711. The lowest BCUT2D eigenvalue weighted by molar-refractivity contribution is 0.102. The number of fused-ring (bicyclic) bond motifs is 1. The molecule has 23 heavy (non-hydrogen) atoms. The third-order valence-corrected chi connectivity index (χ3v) is 3.72. The molecule has 0 spiro atoms. The van der Waals surface area contributed by atoms with Crippen molar-refractivity contribution in [1.29, 1.82) is 0 Å². The van der Waals surface area contributed by atoms with Crippen LogP contribution in [0.5, 0.6) is 0 Å². The molecule has 116 valence electrons. The van der Waals surface area contributed by atoms with Crippen molar-refractivity contribution in [2.75, 3.05) is 5.32 Å². The van der Waals surface area contributed by atoms with Gasteiger partial charge in [0.05, 0.1) is 16.8 Å². The number of benzene rings is 2. The first-order valence-electron chi connectivity index (χ1n) is 6.53. The largest absolute Gasteiger partial charge is 0.322 e. The van der Waals surface area contributed by atoms with Crippen LogP contribution in [0.25, 0.3) is 10.9 Å². The van der Waals surface area contributed by atoms with Crippen LogP contribution in [-0.4, -0.2) is 10.9 Å². The van der Waals surface area contributed by atoms with Gasteiger partial charge in [0.15, 0.2) is 0 Å². The highest BCUT2D eigenvalue weighted by Crippen LogP contribution is 2.22. The molecular formula is C16H9BrF2N2O2. The van der Waals surface area contributed by atoms with E-state index in [4.69, 9.17) is 0 Å². The maximum atomic E-state index is 13.6. The molecule has 0 radical (unpaired) electrons. The first kappa shape index (κ1) is 15.4. The van der Waals surface area contributed by atoms with Gasteiger partial charge in [-0.1, -0.05) is 22.0 Å². The van der Waals surface area contributed by atoms with Crippen molar-refractivity contribution in [3.05, 3.63) is 74.5 Å². The second-order valence-corrected chi connectivity index (χ2v) is 5.73. The molecule has 0 atom stereocenters. The lowest BCUT2D eigenvalue weighted by Gasteiger charge is -2.09. The Bertz CT molecular complexity index is 985. The van der Waals surface area contributed by atoms with Crippen LogP contribution in [-0.2, 0) is 0 Å². The maximum absolute atomic E-state index is 13.6. The SMILES string of the molecule is O=C(Nc1ccc(F)cc1F)c1cc(=O)[nH]c2cc(Br)ccc12. The Balaban J connectivity index is 2.05. The number of hydrogen-bond acceptors (Lipinski definition) is 2. The van der Waals surface area contributed by atoms with Gasteiger partial charge in [-0.2, -0.15) is 0 Å². The Morgan fingerprint density at radius 1 is 1.09 bits per heavy atom. The molecule has 0 saturated carbocycles. The summed E-state index contributed by atoms with van der Waals surface area (Å²) >= 11 is 3.28. The first-order chi connectivity index (χ1) is 10.9. The predicted octanol–water partition coefficient (Wildman–Crippen LogP) is 3.82. The van der Waals surface area contributed by atoms with E-state index >= 15 is 0 Å². The molecule has 3 aromatic rings. The number of carbonyl (C=O) groups is 1. The molecule has 0 bridgehead atoms. The summed E-state index contributed by atoms with van der Waals surface area (Å²) in [6.07, 6.45) is 0. The van der Waals surface area contributed by atoms with Crippen LogP contribution in [0.4, 0.5) is 14.5 Å². The lowest BCUT2D eigenvalue weighted by Crippen LogP contribution is -2.17. The molecule has 3 rings (SSSR count). The molecular weight excluding hydrogens is 370 g/mol. The molecule has 0 unspecified atom stereocenters. The van der Waals surface area contributed by atoms with Crippen LogP contribution in [0.15, 0.2) is 51.7 Å². The van der Waals surface area contributed by atoms with Gasteiger partial charge in [0.1, 0.15) is 11.6 Å². The lowest BCUT2D eigenvalue weighted by atomic mass is 10.1. The number of halogens is 3. The van der Waals surface area contributed by atoms with Gasteiger partial charge in [-0.15, -0.1) is 0 Å². The minimum Gasteiger partial charge on any atom is -0.322 e. The van der Waals surface area contributed by atoms with Gasteiger partial charge in [-0.25, -0.2) is 8.78 Å². The summed E-state index contributed by atoms with van der Waals surface area (Å²) in [6.45, 7) is 0. The van der Waals surface area contributed by atoms with Crippen molar-refractivity contribution in [2.24, 2.45) is 0 Å². The van der Waals surface area contributed by atoms with Gasteiger partial charge in [0, 0.05) is 22.0 Å². The monoisotopic (exact) mass is 378 g/mol. The van der Waals surface area contributed by atoms with Crippen molar-refractivity contribution in [3.63, 3.8) is 0 Å². The molecule has 1 aromatic heterocycles. The van der Waals surface area contributed by atoms with E-state index in [1.54, 1.807) is 18.2 Å². The van der Waals surface area contributed by atoms with Gasteiger partial charge in [0.25, 0.3) is 5.91 Å². The van der Waals surface area contributed by atoms with Crippen molar-refractivity contribution < 1.29 is 13.6 Å². The van der Waals surface area contributed by atoms with Gasteiger partial charge in [-0.05, 0) is 24.3 Å². The number of pyridine rings is 1. The van der Waals surface area contributed by atoms with Crippen molar-refractivity contribution >= 4 is 38.4 Å². The van der Waals surface area contributed by atoms with Crippen LogP contribution in [0, 0.1) is 11.6 Å². The maximum Gasteiger partial charge on any atom is 0.256 e. The second kappa shape index (κ2) is 5.92. The number of nitrogens with one attached hydrogen (secondary N) is 2. The van der Waals surface area contributed by atoms with E-state index < -0.39 is 23.1 Å². The molecule has 7 heteroatoms. The zero-order valence-corrected chi connectivity index (χ0v) is 13.1. The van der Waals surface area contributed by atoms with Crippen molar-refractivity contribution in [3.8, 4) is 0 Å². The Labute approximate surface area is 137 Å². The summed E-state index contributed by atoms with van der Waals surface area (Å²) in [5.74, 6) is -2.30. The van der Waals surface area contributed by atoms with E-state index in [1.165, 1.54) is 0 Å². The van der Waals surface area contributed by atoms with Gasteiger partial charge >= 0.3 is 0 Å². The van der Waals surface area contributed by atoms with E-state index in [9.17, 15) is 18.4 Å². The molecule has 0 saturated heterocycles. The molecule has 0 fully saturated rings. The van der Waals surface area contributed by atoms with Crippen molar-refractivity contribution in [2.45, 2.75) is 0 Å². The molecule has 0 aliphatic rings. The zero-order valence-electron chi connectivity index (χ0n) is 11.5. The number of hydrogen-bond donors (Lipinski definition) is 2. The predicted molar refractivity (Wildman–Crippen MR) is 86.6 cm³/mol. The average molecular weight is 379 g/mol. The highest BCUT2D eigenvalue weighted by Gasteiger charge is 2.14. The van der Waals surface area contributed by atoms with Crippen molar-refractivity contribution in [1.82, 2.24) is 4.98 Å². The van der Waals surface area contributed by atoms with E-state index in [0.717, 1.165) is 22.7 Å². The number of carbonyl (C=O) groups excluding carboxylic acids is 1. The standard InChI is InChI=1S/C16H9BrF2N2O2/c17-8-1-3-10-11(7-15(22)20-14(10)5-8)16(23)21-13-4-2-9(18)6-12(13)19/h1-7H,(H,20,22)(H,21,23). The van der Waals surface area contributed by atoms with E-state index in [0.29, 0.717) is 17.0 Å². The summed E-state index contributed by atoms with van der Waals surface area (Å²) in [6, 6.07) is 8.99. The van der Waals surface area contributed by atoms with Gasteiger partial charge < -0.3 is 10.3 Å². The summed E-state index contributed by atoms with van der Waals surface area (Å²) in [7, 11) is 0. The Kier molecular flexibility index (Phi) is 3.96. The summed E-state index contributed by atoms with van der Waals surface area (Å²) in [4.78, 5) is 26.7. The number of aromatic amines is 1.